The Kier molecular flexibility index (Phi) is 4.25. The highest BCUT2D eigenvalue weighted by Gasteiger charge is 2.21. The first-order chi connectivity index (χ1) is 12.2. The van der Waals surface area contributed by atoms with Crippen molar-refractivity contribution in [1.82, 2.24) is 4.98 Å². The number of para-hydroxylation sites is 1. The van der Waals surface area contributed by atoms with Gasteiger partial charge in [-0.05, 0) is 12.1 Å². The molecule has 126 valence electrons. The van der Waals surface area contributed by atoms with Crippen LogP contribution in [0.15, 0.2) is 53.6 Å². The van der Waals surface area contributed by atoms with Gasteiger partial charge in [-0.25, -0.2) is 4.98 Å². The number of aromatic nitrogens is 1. The van der Waals surface area contributed by atoms with E-state index in [1.165, 1.54) is 17.8 Å². The fraction of sp³-hybridized carbons (Fsp3) is 0.167. The molecule has 1 aromatic heterocycles. The second-order valence-corrected chi connectivity index (χ2v) is 6.59. The van der Waals surface area contributed by atoms with Crippen LogP contribution >= 0.6 is 11.8 Å². The minimum atomic E-state index is -0.392. The average Bonchev–Trinajstić information content (AvgIpc) is 2.65. The summed E-state index contributed by atoms with van der Waals surface area (Å²) < 4.78 is 10.8. The van der Waals surface area contributed by atoms with Crippen LogP contribution in [0.1, 0.15) is 11.1 Å². The van der Waals surface area contributed by atoms with Crippen molar-refractivity contribution in [2.24, 2.45) is 0 Å². The number of benzene rings is 2. The van der Waals surface area contributed by atoms with Crippen LogP contribution in [-0.2, 0) is 17.1 Å². The van der Waals surface area contributed by atoms with Crippen molar-refractivity contribution in [3.05, 3.63) is 69.8 Å². The van der Waals surface area contributed by atoms with Crippen LogP contribution < -0.4 is 4.74 Å². The third-order valence-electron chi connectivity index (χ3n) is 3.93. The van der Waals surface area contributed by atoms with E-state index in [9.17, 15) is 10.1 Å². The number of nitro groups is 1. The maximum absolute atomic E-state index is 11.2. The summed E-state index contributed by atoms with van der Waals surface area (Å²) in [5.74, 6) is 1.22. The zero-order valence-electron chi connectivity index (χ0n) is 13.2. The van der Waals surface area contributed by atoms with Gasteiger partial charge in [0.25, 0.3) is 5.69 Å². The van der Waals surface area contributed by atoms with Gasteiger partial charge in [-0.2, -0.15) is 0 Å². The van der Waals surface area contributed by atoms with Gasteiger partial charge in [0.15, 0.2) is 6.79 Å². The zero-order valence-corrected chi connectivity index (χ0v) is 14.0. The largest absolute Gasteiger partial charge is 0.467 e. The van der Waals surface area contributed by atoms with E-state index in [4.69, 9.17) is 9.47 Å². The fourth-order valence-corrected chi connectivity index (χ4v) is 3.62. The minimum Gasteiger partial charge on any atom is -0.467 e. The quantitative estimate of drug-likeness (QED) is 0.395. The molecule has 0 radical (unpaired) electrons. The number of nitrogens with zero attached hydrogens (tertiary/aromatic N) is 2. The number of hydrogen-bond acceptors (Lipinski definition) is 6. The lowest BCUT2D eigenvalue weighted by atomic mass is 10.1. The lowest BCUT2D eigenvalue weighted by Gasteiger charge is -2.20. The average molecular weight is 354 g/mol. The molecule has 0 aliphatic carbocycles. The smallest absolute Gasteiger partial charge is 0.270 e. The van der Waals surface area contributed by atoms with E-state index in [0.29, 0.717) is 23.7 Å². The highest BCUT2D eigenvalue weighted by Crippen LogP contribution is 2.36. The molecule has 0 amide bonds. The summed E-state index contributed by atoms with van der Waals surface area (Å²) in [6, 6.07) is 15.0. The molecule has 0 atom stereocenters. The molecule has 7 heteroatoms. The second-order valence-electron chi connectivity index (χ2n) is 5.59. The Labute approximate surface area is 147 Å². The first kappa shape index (κ1) is 15.9. The third-order valence-corrected chi connectivity index (χ3v) is 4.91. The van der Waals surface area contributed by atoms with E-state index < -0.39 is 4.92 Å². The Hall–Kier alpha value is -2.64. The van der Waals surface area contributed by atoms with E-state index in [2.05, 4.69) is 4.98 Å². The van der Waals surface area contributed by atoms with E-state index in [-0.39, 0.29) is 12.5 Å². The second kappa shape index (κ2) is 6.70. The van der Waals surface area contributed by atoms with Crippen molar-refractivity contribution in [3.63, 3.8) is 0 Å². The van der Waals surface area contributed by atoms with Gasteiger partial charge >= 0.3 is 0 Å². The Morgan fingerprint density at radius 1 is 1.20 bits per heavy atom. The standard InChI is InChI=1S/C18H14N2O4S/c21-20(22)15-7-13-9-23-11-24-18(13)14(8-15)10-25-17-6-5-12-3-1-2-4-16(12)19-17/h1-8H,9-11H2. The first-order valence-corrected chi connectivity index (χ1v) is 8.68. The molecule has 0 unspecified atom stereocenters. The van der Waals surface area contributed by atoms with Crippen molar-refractivity contribution in [3.8, 4) is 5.75 Å². The molecular formula is C18H14N2O4S. The molecule has 6 nitrogen and oxygen atoms in total. The summed E-state index contributed by atoms with van der Waals surface area (Å²) in [6.45, 7) is 0.486. The van der Waals surface area contributed by atoms with Gasteiger partial charge in [0.05, 0.1) is 22.1 Å². The van der Waals surface area contributed by atoms with Gasteiger partial charge in [-0.15, -0.1) is 11.8 Å². The molecule has 2 heterocycles. The number of thioether (sulfide) groups is 1. The number of nitro benzene ring substituents is 1. The molecule has 2 aromatic carbocycles. The predicted octanol–water partition coefficient (Wildman–Crippen LogP) is 4.30. The highest BCUT2D eigenvalue weighted by molar-refractivity contribution is 7.98. The number of rotatable bonds is 4. The van der Waals surface area contributed by atoms with E-state index >= 15 is 0 Å². The molecule has 1 aliphatic heterocycles. The zero-order chi connectivity index (χ0) is 17.2. The van der Waals surface area contributed by atoms with Crippen molar-refractivity contribution in [1.29, 1.82) is 0 Å². The summed E-state index contributed by atoms with van der Waals surface area (Å²) in [4.78, 5) is 15.4. The number of hydrogen-bond donors (Lipinski definition) is 0. The van der Waals surface area contributed by atoms with Crippen molar-refractivity contribution in [2.75, 3.05) is 6.79 Å². The van der Waals surface area contributed by atoms with Crippen LogP contribution in [-0.4, -0.2) is 16.7 Å². The maximum atomic E-state index is 11.2. The van der Waals surface area contributed by atoms with E-state index in [1.54, 1.807) is 6.07 Å². The Bertz CT molecular complexity index is 961. The van der Waals surface area contributed by atoms with Crippen LogP contribution in [0, 0.1) is 10.1 Å². The molecule has 0 saturated heterocycles. The maximum Gasteiger partial charge on any atom is 0.270 e. The molecule has 4 rings (SSSR count). The number of non-ortho nitro benzene ring substituents is 1. The topological polar surface area (TPSA) is 74.5 Å². The summed E-state index contributed by atoms with van der Waals surface area (Å²) in [5.41, 5.74) is 2.48. The van der Waals surface area contributed by atoms with Crippen molar-refractivity contribution >= 4 is 28.4 Å². The summed E-state index contributed by atoms with van der Waals surface area (Å²) >= 11 is 1.53. The summed E-state index contributed by atoms with van der Waals surface area (Å²) in [7, 11) is 0. The van der Waals surface area contributed by atoms with Gasteiger partial charge in [0, 0.05) is 34.4 Å². The molecule has 0 saturated carbocycles. The monoisotopic (exact) mass is 354 g/mol. The van der Waals surface area contributed by atoms with Crippen molar-refractivity contribution in [2.45, 2.75) is 17.4 Å². The lowest BCUT2D eigenvalue weighted by molar-refractivity contribution is -0.385. The minimum absolute atomic E-state index is 0.0509. The molecule has 0 fully saturated rings. The normalized spacial score (nSPS) is 13.3. The number of ether oxygens (including phenoxy) is 2. The molecular weight excluding hydrogens is 340 g/mol. The van der Waals surface area contributed by atoms with E-state index in [1.807, 2.05) is 36.4 Å². The van der Waals surface area contributed by atoms with Crippen LogP contribution in [0.2, 0.25) is 0 Å². The van der Waals surface area contributed by atoms with Crippen LogP contribution in [0.5, 0.6) is 5.75 Å². The predicted molar refractivity (Wildman–Crippen MR) is 94.7 cm³/mol. The molecule has 25 heavy (non-hydrogen) atoms. The highest BCUT2D eigenvalue weighted by atomic mass is 32.2. The summed E-state index contributed by atoms with van der Waals surface area (Å²) in [5, 5.41) is 13.1. The molecule has 3 aromatic rings. The SMILES string of the molecule is O=[N+]([O-])c1cc2c(c(CSc3ccc4ccccc4n3)c1)OCOC2. The van der Waals surface area contributed by atoms with Crippen LogP contribution in [0.4, 0.5) is 5.69 Å². The third kappa shape index (κ3) is 3.29. The number of fused-ring (bicyclic) bond motifs is 2. The van der Waals surface area contributed by atoms with Gasteiger partial charge in [0.2, 0.25) is 0 Å². The van der Waals surface area contributed by atoms with Crippen molar-refractivity contribution < 1.29 is 14.4 Å². The lowest BCUT2D eigenvalue weighted by Crippen LogP contribution is -2.13. The van der Waals surface area contributed by atoms with Gasteiger partial charge < -0.3 is 9.47 Å². The van der Waals surface area contributed by atoms with Gasteiger partial charge in [0.1, 0.15) is 5.75 Å². The molecule has 1 aliphatic rings. The number of pyridine rings is 1. The van der Waals surface area contributed by atoms with E-state index in [0.717, 1.165) is 21.5 Å². The van der Waals surface area contributed by atoms with Gasteiger partial charge in [-0.3, -0.25) is 10.1 Å². The molecule has 0 bridgehead atoms. The molecule has 0 spiro atoms. The molecule has 0 N–H and O–H groups in total. The van der Waals surface area contributed by atoms with Crippen LogP contribution in [0.25, 0.3) is 10.9 Å². The Morgan fingerprint density at radius 2 is 2.08 bits per heavy atom. The summed E-state index contributed by atoms with van der Waals surface area (Å²) in [6.07, 6.45) is 0. The van der Waals surface area contributed by atoms with Gasteiger partial charge in [-0.1, -0.05) is 24.3 Å². The van der Waals surface area contributed by atoms with Crippen LogP contribution in [0.3, 0.4) is 0 Å². The Morgan fingerprint density at radius 3 is 2.96 bits per heavy atom. The Balaban J connectivity index is 1.63. The fourth-order valence-electron chi connectivity index (χ4n) is 2.77. The first-order valence-electron chi connectivity index (χ1n) is 7.70.